The number of methoxy groups -OCH3 is 1. The van der Waals surface area contributed by atoms with Gasteiger partial charge in [0.15, 0.2) is 0 Å². The molecule has 1 aromatic carbocycles. The van der Waals surface area contributed by atoms with Crippen LogP contribution in [-0.4, -0.2) is 81.8 Å². The second kappa shape index (κ2) is 12.1. The van der Waals surface area contributed by atoms with Gasteiger partial charge in [-0.1, -0.05) is 30.3 Å². The smallest absolute Gasteiger partial charge is 0.222 e. The number of likely N-dealkylation sites (N-methyl/N-ethyl adjacent to an activating group) is 1. The highest BCUT2D eigenvalue weighted by molar-refractivity contribution is 5.76. The number of aryl methyl sites for hydroxylation is 1. The van der Waals surface area contributed by atoms with Crippen molar-refractivity contribution in [3.8, 4) is 5.75 Å². The monoisotopic (exact) mass is 459 g/mol. The summed E-state index contributed by atoms with van der Waals surface area (Å²) in [6.07, 6.45) is 2.68. The van der Waals surface area contributed by atoms with Crippen LogP contribution < -0.4 is 4.74 Å². The Morgan fingerprint density at radius 2 is 2.15 bits per heavy atom. The second-order valence-corrected chi connectivity index (χ2v) is 8.97. The summed E-state index contributed by atoms with van der Waals surface area (Å²) in [5.41, 5.74) is 2.02. The van der Waals surface area contributed by atoms with E-state index in [1.54, 1.807) is 18.2 Å². The van der Waals surface area contributed by atoms with Crippen LogP contribution in [0.2, 0.25) is 0 Å². The van der Waals surface area contributed by atoms with Gasteiger partial charge in [-0.3, -0.25) is 9.69 Å². The van der Waals surface area contributed by atoms with Gasteiger partial charge in [-0.15, -0.1) is 5.10 Å². The summed E-state index contributed by atoms with van der Waals surface area (Å²) in [4.78, 5) is 17.0. The van der Waals surface area contributed by atoms with Gasteiger partial charge in [-0.25, -0.2) is 4.68 Å². The molecule has 33 heavy (non-hydrogen) atoms. The number of hydrogen-bond donors (Lipinski definition) is 1. The molecule has 1 aliphatic heterocycles. The summed E-state index contributed by atoms with van der Waals surface area (Å²) in [5.74, 6) is 0.971. The summed E-state index contributed by atoms with van der Waals surface area (Å²) in [6, 6.07) is 7.76. The van der Waals surface area contributed by atoms with Crippen LogP contribution in [0.25, 0.3) is 0 Å². The van der Waals surface area contributed by atoms with Crippen molar-refractivity contribution in [2.75, 3.05) is 33.9 Å². The molecule has 3 atom stereocenters. The van der Waals surface area contributed by atoms with Gasteiger partial charge in [0.05, 0.1) is 44.4 Å². The van der Waals surface area contributed by atoms with Crippen LogP contribution in [0.4, 0.5) is 0 Å². The first-order chi connectivity index (χ1) is 15.9. The highest BCUT2D eigenvalue weighted by atomic mass is 16.5. The molecular weight excluding hydrogens is 422 g/mol. The molecule has 0 aliphatic carbocycles. The van der Waals surface area contributed by atoms with Crippen molar-refractivity contribution in [2.45, 2.75) is 58.5 Å². The number of rotatable bonds is 7. The Balaban J connectivity index is 1.78. The number of hydrogen-bond acceptors (Lipinski definition) is 7. The Morgan fingerprint density at radius 1 is 1.36 bits per heavy atom. The standard InChI is InChI=1S/C24H37N5O4/c1-18-13-28(19(2)16-30)24(31)10-7-11-29-21(12-25-26-29)17-33-23(18)15-27(3)14-20-8-5-6-9-22(20)32-4/h5-6,8-9,12,18-19,23,30H,7,10-11,13-17H2,1-4H3/t18-,19+,23+/m0/s1. The van der Waals surface area contributed by atoms with Crippen molar-refractivity contribution in [3.63, 3.8) is 0 Å². The molecule has 2 heterocycles. The van der Waals surface area contributed by atoms with Crippen LogP contribution in [0.5, 0.6) is 5.75 Å². The van der Waals surface area contributed by atoms with Crippen molar-refractivity contribution in [1.82, 2.24) is 24.8 Å². The van der Waals surface area contributed by atoms with Crippen molar-refractivity contribution in [1.29, 1.82) is 0 Å². The molecule has 1 N–H and O–H groups in total. The number of aliphatic hydroxyl groups is 1. The molecule has 1 aromatic heterocycles. The van der Waals surface area contributed by atoms with Gasteiger partial charge in [0.1, 0.15) is 5.75 Å². The van der Waals surface area contributed by atoms with Crippen LogP contribution >= 0.6 is 0 Å². The summed E-state index contributed by atoms with van der Waals surface area (Å²) in [6.45, 7) is 6.87. The Labute approximate surface area is 196 Å². The van der Waals surface area contributed by atoms with Crippen molar-refractivity contribution < 1.29 is 19.4 Å². The quantitative estimate of drug-likeness (QED) is 0.676. The Morgan fingerprint density at radius 3 is 2.91 bits per heavy atom. The molecule has 3 rings (SSSR count). The van der Waals surface area contributed by atoms with E-state index in [1.165, 1.54) is 0 Å². The molecular formula is C24H37N5O4. The molecule has 0 saturated carbocycles. The fourth-order valence-corrected chi connectivity index (χ4v) is 4.24. The van der Waals surface area contributed by atoms with Gasteiger partial charge in [-0.2, -0.15) is 0 Å². The average Bonchev–Trinajstić information content (AvgIpc) is 3.26. The largest absolute Gasteiger partial charge is 0.496 e. The fourth-order valence-electron chi connectivity index (χ4n) is 4.24. The van der Waals surface area contributed by atoms with Crippen LogP contribution in [0.1, 0.15) is 37.9 Å². The number of para-hydroxylation sites is 1. The van der Waals surface area contributed by atoms with E-state index in [9.17, 15) is 9.90 Å². The first-order valence-corrected chi connectivity index (χ1v) is 11.6. The molecule has 9 nitrogen and oxygen atoms in total. The van der Waals surface area contributed by atoms with Gasteiger partial charge in [0.2, 0.25) is 5.91 Å². The van der Waals surface area contributed by atoms with Crippen LogP contribution in [0.15, 0.2) is 30.5 Å². The fraction of sp³-hybridized carbons (Fsp3) is 0.625. The maximum absolute atomic E-state index is 13.0. The predicted molar refractivity (Wildman–Crippen MR) is 125 cm³/mol. The van der Waals surface area contributed by atoms with E-state index in [2.05, 4.69) is 35.2 Å². The summed E-state index contributed by atoms with van der Waals surface area (Å²) in [5, 5.41) is 17.9. The SMILES string of the molecule is COc1ccccc1CN(C)C[C@H]1OCc2cnnn2CCCC(=O)N([C@H](C)CO)C[C@@H]1C. The van der Waals surface area contributed by atoms with Gasteiger partial charge in [-0.05, 0) is 26.5 Å². The normalized spacial score (nSPS) is 21.3. The van der Waals surface area contributed by atoms with E-state index >= 15 is 0 Å². The summed E-state index contributed by atoms with van der Waals surface area (Å²) in [7, 11) is 3.74. The highest BCUT2D eigenvalue weighted by Gasteiger charge is 2.28. The Hall–Kier alpha value is -2.49. The third kappa shape index (κ3) is 6.75. The van der Waals surface area contributed by atoms with Crippen molar-refractivity contribution in [2.24, 2.45) is 5.92 Å². The van der Waals surface area contributed by atoms with E-state index in [-0.39, 0.29) is 30.6 Å². The average molecular weight is 460 g/mol. The van der Waals surface area contributed by atoms with Crippen LogP contribution in [0.3, 0.4) is 0 Å². The lowest BCUT2D eigenvalue weighted by molar-refractivity contribution is -0.136. The maximum atomic E-state index is 13.0. The zero-order valence-electron chi connectivity index (χ0n) is 20.2. The zero-order valence-corrected chi connectivity index (χ0v) is 20.2. The number of amides is 1. The second-order valence-electron chi connectivity index (χ2n) is 8.97. The lowest BCUT2D eigenvalue weighted by atomic mass is 10.0. The van der Waals surface area contributed by atoms with Crippen LogP contribution in [-0.2, 0) is 29.2 Å². The molecule has 0 saturated heterocycles. The lowest BCUT2D eigenvalue weighted by Gasteiger charge is -2.35. The number of carbonyl (C=O) groups excluding carboxylic acids is 1. The molecule has 0 unspecified atom stereocenters. The molecule has 0 spiro atoms. The number of ether oxygens (including phenoxy) is 2. The van der Waals surface area contributed by atoms with Gasteiger partial charge < -0.3 is 19.5 Å². The molecule has 0 bridgehead atoms. The minimum absolute atomic E-state index is 0.0479. The summed E-state index contributed by atoms with van der Waals surface area (Å²) >= 11 is 0. The Bertz CT molecular complexity index is 889. The Kier molecular flexibility index (Phi) is 9.22. The number of carbonyl (C=O) groups is 1. The topological polar surface area (TPSA) is 93.0 Å². The molecule has 0 fully saturated rings. The van der Waals surface area contributed by atoms with E-state index in [0.29, 0.717) is 45.6 Å². The van der Waals surface area contributed by atoms with Crippen LogP contribution in [0, 0.1) is 5.92 Å². The van der Waals surface area contributed by atoms with E-state index in [0.717, 1.165) is 17.0 Å². The van der Waals surface area contributed by atoms with E-state index in [1.807, 2.05) is 29.8 Å². The number of aromatic nitrogens is 3. The number of benzene rings is 1. The predicted octanol–water partition coefficient (Wildman–Crippen LogP) is 1.94. The van der Waals surface area contributed by atoms with Crippen molar-refractivity contribution in [3.05, 3.63) is 41.7 Å². The van der Waals surface area contributed by atoms with E-state index < -0.39 is 0 Å². The lowest BCUT2D eigenvalue weighted by Crippen LogP contribution is -2.47. The van der Waals surface area contributed by atoms with Gasteiger partial charge >= 0.3 is 0 Å². The third-order valence-electron chi connectivity index (χ3n) is 6.26. The zero-order chi connectivity index (χ0) is 23.8. The van der Waals surface area contributed by atoms with E-state index in [4.69, 9.17) is 9.47 Å². The molecule has 182 valence electrons. The van der Waals surface area contributed by atoms with Gasteiger partial charge in [0, 0.05) is 44.1 Å². The third-order valence-corrected chi connectivity index (χ3v) is 6.26. The van der Waals surface area contributed by atoms with Gasteiger partial charge in [0.25, 0.3) is 0 Å². The highest BCUT2D eigenvalue weighted by Crippen LogP contribution is 2.21. The number of fused-ring (bicyclic) bond motifs is 1. The summed E-state index contributed by atoms with van der Waals surface area (Å²) < 4.78 is 13.7. The molecule has 1 aliphatic rings. The molecule has 0 radical (unpaired) electrons. The van der Waals surface area contributed by atoms with Crippen molar-refractivity contribution >= 4 is 5.91 Å². The number of nitrogens with zero attached hydrogens (tertiary/aromatic N) is 5. The number of aliphatic hydroxyl groups excluding tert-OH is 1. The molecule has 1 amide bonds. The molecule has 9 heteroatoms. The maximum Gasteiger partial charge on any atom is 0.222 e. The minimum Gasteiger partial charge on any atom is -0.496 e. The minimum atomic E-state index is -0.239. The molecule has 2 aromatic rings. The first kappa shape index (κ1) is 25.1. The first-order valence-electron chi connectivity index (χ1n) is 11.6.